The smallest absolute Gasteiger partial charge is 0.147 e. The molecule has 0 amide bonds. The molecule has 0 N–H and O–H groups in total. The SMILES string of the molecule is CCN(CC)C(=S)SSC1(SSC(=S)N(CC)CC)CCCCC1. The van der Waals surface area contributed by atoms with Crippen LogP contribution >= 0.6 is 67.6 Å². The largest absolute Gasteiger partial charge is 0.357 e. The van der Waals surface area contributed by atoms with E-state index in [0.717, 1.165) is 34.8 Å². The minimum absolute atomic E-state index is 0.238. The van der Waals surface area contributed by atoms with E-state index < -0.39 is 0 Å². The van der Waals surface area contributed by atoms with Crippen LogP contribution in [0.5, 0.6) is 0 Å². The standard InChI is InChI=1S/C16H30N2S6/c1-5-17(6-2)14(19)21-23-16(12-10-9-11-13-16)24-22-15(20)18(7-3)8-4/h5-13H2,1-4H3. The molecule has 140 valence electrons. The first-order chi connectivity index (χ1) is 11.5. The molecule has 2 nitrogen and oxygen atoms in total. The molecule has 0 saturated heterocycles. The van der Waals surface area contributed by atoms with Crippen LogP contribution in [0.25, 0.3) is 0 Å². The summed E-state index contributed by atoms with van der Waals surface area (Å²) in [6.07, 6.45) is 6.50. The van der Waals surface area contributed by atoms with E-state index in [4.69, 9.17) is 24.4 Å². The highest BCUT2D eigenvalue weighted by Crippen LogP contribution is 2.57. The van der Waals surface area contributed by atoms with E-state index in [1.54, 1.807) is 21.6 Å². The zero-order chi connectivity index (χ0) is 18.0. The van der Waals surface area contributed by atoms with Gasteiger partial charge in [-0.25, -0.2) is 0 Å². The van der Waals surface area contributed by atoms with E-state index in [2.05, 4.69) is 37.5 Å². The second-order valence-electron chi connectivity index (χ2n) is 5.68. The fourth-order valence-electron chi connectivity index (χ4n) is 2.56. The van der Waals surface area contributed by atoms with Crippen molar-refractivity contribution in [3.05, 3.63) is 0 Å². The minimum atomic E-state index is 0.238. The van der Waals surface area contributed by atoms with Crippen LogP contribution in [0.3, 0.4) is 0 Å². The Kier molecular flexibility index (Phi) is 12.1. The van der Waals surface area contributed by atoms with E-state index in [1.807, 2.05) is 21.6 Å². The molecular weight excluding hydrogens is 413 g/mol. The Hall–Kier alpha value is 1.18. The first-order valence-electron chi connectivity index (χ1n) is 8.81. The van der Waals surface area contributed by atoms with Crippen molar-refractivity contribution in [3.8, 4) is 0 Å². The Labute approximate surface area is 175 Å². The fourth-order valence-corrected chi connectivity index (χ4v) is 10.5. The summed E-state index contributed by atoms with van der Waals surface area (Å²) in [5.74, 6) is 0. The lowest BCUT2D eigenvalue weighted by atomic mass is 10.00. The van der Waals surface area contributed by atoms with Gasteiger partial charge in [-0.15, -0.1) is 0 Å². The maximum atomic E-state index is 5.62. The van der Waals surface area contributed by atoms with E-state index in [0.29, 0.717) is 0 Å². The predicted octanol–water partition coefficient (Wildman–Crippen LogP) is 6.66. The number of thiocarbonyl (C=S) groups is 2. The van der Waals surface area contributed by atoms with Crippen LogP contribution in [0, 0.1) is 0 Å². The van der Waals surface area contributed by atoms with Gasteiger partial charge in [0, 0.05) is 26.2 Å². The van der Waals surface area contributed by atoms with Gasteiger partial charge < -0.3 is 9.80 Å². The molecule has 0 aromatic rings. The molecule has 1 saturated carbocycles. The van der Waals surface area contributed by atoms with E-state index in [-0.39, 0.29) is 4.08 Å². The van der Waals surface area contributed by atoms with Gasteiger partial charge in [0.25, 0.3) is 0 Å². The van der Waals surface area contributed by atoms with Crippen molar-refractivity contribution in [2.24, 2.45) is 0 Å². The van der Waals surface area contributed by atoms with Crippen molar-refractivity contribution in [1.29, 1.82) is 0 Å². The Bertz CT molecular complexity index is 360. The molecule has 1 aliphatic carbocycles. The van der Waals surface area contributed by atoms with Gasteiger partial charge in [0.2, 0.25) is 0 Å². The molecule has 8 heteroatoms. The highest BCUT2D eigenvalue weighted by atomic mass is 33.1. The molecule has 1 fully saturated rings. The van der Waals surface area contributed by atoms with Crippen molar-refractivity contribution in [2.75, 3.05) is 26.2 Å². The van der Waals surface area contributed by atoms with Crippen LogP contribution in [0.2, 0.25) is 0 Å². The fraction of sp³-hybridized carbons (Fsp3) is 0.875. The monoisotopic (exact) mass is 442 g/mol. The average molecular weight is 443 g/mol. The molecular formula is C16H30N2S6. The molecule has 0 radical (unpaired) electrons. The Balaban J connectivity index is 2.62. The van der Waals surface area contributed by atoms with Gasteiger partial charge in [-0.1, -0.05) is 65.3 Å². The average Bonchev–Trinajstić information content (AvgIpc) is 2.61. The van der Waals surface area contributed by atoms with Crippen LogP contribution in [-0.4, -0.2) is 48.7 Å². The summed E-state index contributed by atoms with van der Waals surface area (Å²) >= 11 is 11.2. The van der Waals surface area contributed by atoms with Crippen molar-refractivity contribution in [3.63, 3.8) is 0 Å². The number of hydrogen-bond acceptors (Lipinski definition) is 6. The van der Waals surface area contributed by atoms with E-state index in [1.165, 1.54) is 32.1 Å². The predicted molar refractivity (Wildman–Crippen MR) is 127 cm³/mol. The third-order valence-corrected chi connectivity index (χ3v) is 12.7. The molecule has 0 heterocycles. The summed E-state index contributed by atoms with van der Waals surface area (Å²) in [6, 6.07) is 0. The maximum absolute atomic E-state index is 5.62. The normalized spacial score (nSPS) is 16.7. The van der Waals surface area contributed by atoms with Gasteiger partial charge >= 0.3 is 0 Å². The Morgan fingerprint density at radius 1 is 0.750 bits per heavy atom. The van der Waals surface area contributed by atoms with Gasteiger partial charge in [0.05, 0.1) is 4.08 Å². The third kappa shape index (κ3) is 7.43. The van der Waals surface area contributed by atoms with Crippen LogP contribution in [0.4, 0.5) is 0 Å². The molecule has 0 aromatic carbocycles. The summed E-state index contributed by atoms with van der Waals surface area (Å²) in [5.41, 5.74) is 0. The second-order valence-corrected chi connectivity index (χ2v) is 12.2. The van der Waals surface area contributed by atoms with Crippen molar-refractivity contribution in [2.45, 2.75) is 63.9 Å². The van der Waals surface area contributed by atoms with Crippen LogP contribution < -0.4 is 0 Å². The third-order valence-electron chi connectivity index (χ3n) is 4.19. The molecule has 1 aliphatic rings. The summed E-state index contributed by atoms with van der Waals surface area (Å²) in [4.78, 5) is 4.53. The van der Waals surface area contributed by atoms with Crippen LogP contribution in [-0.2, 0) is 0 Å². The number of rotatable bonds is 8. The molecule has 0 bridgehead atoms. The lowest BCUT2D eigenvalue weighted by Crippen LogP contribution is -2.29. The molecule has 1 rings (SSSR count). The number of hydrogen-bond donors (Lipinski definition) is 0. The highest BCUT2D eigenvalue weighted by Gasteiger charge is 2.35. The Morgan fingerprint density at radius 3 is 1.46 bits per heavy atom. The van der Waals surface area contributed by atoms with E-state index in [9.17, 15) is 0 Å². The molecule has 0 aromatic heterocycles. The molecule has 0 atom stereocenters. The van der Waals surface area contributed by atoms with Gasteiger partial charge in [0.15, 0.2) is 0 Å². The van der Waals surface area contributed by atoms with Gasteiger partial charge in [0.1, 0.15) is 8.64 Å². The van der Waals surface area contributed by atoms with Crippen molar-refractivity contribution in [1.82, 2.24) is 9.80 Å². The highest BCUT2D eigenvalue weighted by molar-refractivity contribution is 8.91. The summed E-state index contributed by atoms with van der Waals surface area (Å²) < 4.78 is 2.28. The maximum Gasteiger partial charge on any atom is 0.147 e. The topological polar surface area (TPSA) is 6.48 Å². The zero-order valence-electron chi connectivity index (χ0n) is 15.2. The molecule has 0 unspecified atom stereocenters. The summed E-state index contributed by atoms with van der Waals surface area (Å²) in [5, 5.41) is 0. The Morgan fingerprint density at radius 2 is 1.12 bits per heavy atom. The van der Waals surface area contributed by atoms with Crippen LogP contribution in [0.1, 0.15) is 59.8 Å². The van der Waals surface area contributed by atoms with Crippen molar-refractivity contribution < 1.29 is 0 Å². The molecule has 0 spiro atoms. The van der Waals surface area contributed by atoms with Crippen LogP contribution in [0.15, 0.2) is 0 Å². The molecule has 24 heavy (non-hydrogen) atoms. The second kappa shape index (κ2) is 12.5. The lowest BCUT2D eigenvalue weighted by molar-refractivity contribution is 0.482. The summed E-state index contributed by atoms with van der Waals surface area (Å²) in [7, 11) is 7.54. The van der Waals surface area contributed by atoms with Gasteiger partial charge in [-0.3, -0.25) is 0 Å². The summed E-state index contributed by atoms with van der Waals surface area (Å²) in [6.45, 7) is 12.6. The van der Waals surface area contributed by atoms with Crippen molar-refractivity contribution >= 4 is 76.3 Å². The van der Waals surface area contributed by atoms with E-state index >= 15 is 0 Å². The quantitative estimate of drug-likeness (QED) is 0.231. The number of nitrogens with zero attached hydrogens (tertiary/aromatic N) is 2. The zero-order valence-corrected chi connectivity index (χ0v) is 20.1. The first kappa shape index (κ1) is 23.2. The first-order valence-corrected chi connectivity index (χ1v) is 13.9. The lowest BCUT2D eigenvalue weighted by Gasteiger charge is -2.36. The molecule has 0 aliphatic heterocycles. The van der Waals surface area contributed by atoms with Gasteiger partial charge in [-0.2, -0.15) is 0 Å². The minimum Gasteiger partial charge on any atom is -0.357 e. The van der Waals surface area contributed by atoms with Gasteiger partial charge in [-0.05, 0) is 62.1 Å².